The van der Waals surface area contributed by atoms with Crippen LogP contribution in [0.3, 0.4) is 0 Å². The fourth-order valence-corrected chi connectivity index (χ4v) is 2.81. The molecule has 0 saturated carbocycles. The number of carbonyl (C=O) groups excluding carboxylic acids is 1. The Balaban J connectivity index is 1.92. The minimum Gasteiger partial charge on any atom is -0.479 e. The molecule has 0 fully saturated rings. The molecular weight excluding hydrogens is 290 g/mol. The molecule has 23 heavy (non-hydrogen) atoms. The third-order valence-electron chi connectivity index (χ3n) is 4.00. The van der Waals surface area contributed by atoms with Crippen molar-refractivity contribution in [2.24, 2.45) is 0 Å². The minimum atomic E-state index is -0.982. The molecule has 0 aliphatic heterocycles. The molecule has 1 atom stereocenters. The van der Waals surface area contributed by atoms with Crippen LogP contribution >= 0.6 is 0 Å². The van der Waals surface area contributed by atoms with Crippen LogP contribution in [0.4, 0.5) is 0 Å². The summed E-state index contributed by atoms with van der Waals surface area (Å²) in [6.07, 6.45) is 2.73. The molecule has 0 radical (unpaired) electrons. The summed E-state index contributed by atoms with van der Waals surface area (Å²) in [5.41, 5.74) is 3.20. The number of carboxylic acids is 1. The van der Waals surface area contributed by atoms with E-state index in [0.29, 0.717) is 17.6 Å². The van der Waals surface area contributed by atoms with Gasteiger partial charge in [0.1, 0.15) is 6.04 Å². The van der Waals surface area contributed by atoms with Crippen LogP contribution in [0.15, 0.2) is 60.8 Å². The van der Waals surface area contributed by atoms with Gasteiger partial charge in [0.2, 0.25) is 0 Å². The Labute approximate surface area is 134 Å². The van der Waals surface area contributed by atoms with Crippen molar-refractivity contribution in [3.05, 3.63) is 77.5 Å². The Morgan fingerprint density at radius 3 is 2.48 bits per heavy atom. The van der Waals surface area contributed by atoms with Crippen LogP contribution in [0.2, 0.25) is 0 Å². The minimum absolute atomic E-state index is 0.0356. The van der Waals surface area contributed by atoms with Gasteiger partial charge in [-0.1, -0.05) is 54.6 Å². The number of carboxylic acid groups (broad SMARTS) is 1. The van der Waals surface area contributed by atoms with Crippen molar-refractivity contribution in [1.29, 1.82) is 0 Å². The molecular formula is C19H17NO3. The Bertz CT molecular complexity index is 765. The van der Waals surface area contributed by atoms with Gasteiger partial charge in [-0.3, -0.25) is 4.79 Å². The molecule has 0 heterocycles. The molecule has 0 bridgehead atoms. The molecule has 1 unspecified atom stereocenters. The number of fused-ring (bicyclic) bond motifs is 1. The number of benzene rings is 2. The molecule has 2 aromatic carbocycles. The molecule has 2 aromatic rings. The zero-order chi connectivity index (χ0) is 16.2. The first-order chi connectivity index (χ1) is 11.2. The Hall–Kier alpha value is -2.88. The van der Waals surface area contributed by atoms with E-state index in [-0.39, 0.29) is 5.78 Å². The van der Waals surface area contributed by atoms with E-state index >= 15 is 0 Å². The number of hydrogen-bond donors (Lipinski definition) is 2. The molecule has 0 amide bonds. The van der Waals surface area contributed by atoms with Crippen molar-refractivity contribution < 1.29 is 14.7 Å². The van der Waals surface area contributed by atoms with E-state index in [0.717, 1.165) is 17.5 Å². The lowest BCUT2D eigenvalue weighted by molar-refractivity contribution is -0.139. The number of carbonyl (C=O) groups is 2. The Morgan fingerprint density at radius 2 is 1.74 bits per heavy atom. The molecule has 0 spiro atoms. The normalized spacial score (nSPS) is 16.7. The number of hydrogen-bond acceptors (Lipinski definition) is 3. The van der Waals surface area contributed by atoms with Gasteiger partial charge in [0.05, 0.1) is 0 Å². The maximum absolute atomic E-state index is 12.2. The fourth-order valence-electron chi connectivity index (χ4n) is 2.81. The lowest BCUT2D eigenvalue weighted by Crippen LogP contribution is -2.25. The van der Waals surface area contributed by atoms with Crippen molar-refractivity contribution in [2.75, 3.05) is 0 Å². The van der Waals surface area contributed by atoms with Crippen LogP contribution in [0.5, 0.6) is 0 Å². The average Bonchev–Trinajstić information content (AvgIpc) is 2.57. The van der Waals surface area contributed by atoms with E-state index in [2.05, 4.69) is 5.32 Å². The maximum Gasteiger partial charge on any atom is 0.330 e. The average molecular weight is 307 g/mol. The number of aryl methyl sites for hydroxylation is 1. The van der Waals surface area contributed by atoms with Crippen LogP contribution in [0.1, 0.15) is 29.2 Å². The van der Waals surface area contributed by atoms with Crippen LogP contribution in [-0.4, -0.2) is 16.9 Å². The lowest BCUT2D eigenvalue weighted by Gasteiger charge is -2.19. The van der Waals surface area contributed by atoms with Crippen LogP contribution in [0.25, 0.3) is 5.57 Å². The van der Waals surface area contributed by atoms with Gasteiger partial charge in [-0.25, -0.2) is 4.79 Å². The van der Waals surface area contributed by atoms with E-state index in [1.807, 2.05) is 30.3 Å². The first kappa shape index (κ1) is 15.0. The van der Waals surface area contributed by atoms with Crippen molar-refractivity contribution in [1.82, 2.24) is 5.32 Å². The maximum atomic E-state index is 12.2. The first-order valence-electron chi connectivity index (χ1n) is 7.52. The van der Waals surface area contributed by atoms with Gasteiger partial charge >= 0.3 is 5.97 Å². The summed E-state index contributed by atoms with van der Waals surface area (Å²) in [5, 5.41) is 12.3. The highest BCUT2D eigenvalue weighted by atomic mass is 16.4. The van der Waals surface area contributed by atoms with E-state index in [9.17, 15) is 14.7 Å². The highest BCUT2D eigenvalue weighted by molar-refractivity contribution is 6.22. The van der Waals surface area contributed by atoms with E-state index in [4.69, 9.17) is 0 Å². The van der Waals surface area contributed by atoms with Gasteiger partial charge in [-0.15, -0.1) is 0 Å². The molecule has 4 nitrogen and oxygen atoms in total. The summed E-state index contributed by atoms with van der Waals surface area (Å²) in [6, 6.07) is 15.8. The number of ketones is 1. The molecule has 2 N–H and O–H groups in total. The second kappa shape index (κ2) is 6.48. The molecule has 116 valence electrons. The second-order valence-electron chi connectivity index (χ2n) is 5.49. The monoisotopic (exact) mass is 307 g/mol. The standard InChI is InChI=1S/C19H17NO3/c21-17-11-10-13-6-4-5-9-15(13)16(17)12-20-18(19(22)23)14-7-2-1-3-8-14/h1-9,12,18,20H,10-11H2,(H,22,23)/b16-12-. The number of nitrogens with one attached hydrogen (secondary N) is 1. The molecule has 4 heteroatoms. The molecule has 1 aliphatic rings. The molecule has 1 aliphatic carbocycles. The highest BCUT2D eigenvalue weighted by Crippen LogP contribution is 2.28. The quantitative estimate of drug-likeness (QED) is 0.852. The smallest absolute Gasteiger partial charge is 0.330 e. The summed E-state index contributed by atoms with van der Waals surface area (Å²) in [6.45, 7) is 0. The first-order valence-corrected chi connectivity index (χ1v) is 7.52. The molecule has 3 rings (SSSR count). The van der Waals surface area contributed by atoms with E-state index in [1.165, 1.54) is 0 Å². The Kier molecular flexibility index (Phi) is 4.24. The van der Waals surface area contributed by atoms with Gasteiger partial charge in [0.15, 0.2) is 5.78 Å². The summed E-state index contributed by atoms with van der Waals surface area (Å²) >= 11 is 0. The summed E-state index contributed by atoms with van der Waals surface area (Å²) < 4.78 is 0. The highest BCUT2D eigenvalue weighted by Gasteiger charge is 2.23. The van der Waals surface area contributed by atoms with Gasteiger partial charge in [-0.2, -0.15) is 0 Å². The predicted octanol–water partition coefficient (Wildman–Crippen LogP) is 2.96. The third kappa shape index (κ3) is 3.16. The lowest BCUT2D eigenvalue weighted by atomic mass is 9.87. The van der Waals surface area contributed by atoms with Crippen molar-refractivity contribution >= 4 is 17.3 Å². The van der Waals surface area contributed by atoms with Crippen molar-refractivity contribution in [3.63, 3.8) is 0 Å². The van der Waals surface area contributed by atoms with E-state index < -0.39 is 12.0 Å². The topological polar surface area (TPSA) is 66.4 Å². The van der Waals surface area contributed by atoms with Crippen LogP contribution < -0.4 is 5.32 Å². The summed E-state index contributed by atoms with van der Waals surface area (Å²) in [4.78, 5) is 23.7. The van der Waals surface area contributed by atoms with Gasteiger partial charge in [-0.05, 0) is 23.1 Å². The molecule has 0 aromatic heterocycles. The van der Waals surface area contributed by atoms with Crippen molar-refractivity contribution in [2.45, 2.75) is 18.9 Å². The van der Waals surface area contributed by atoms with Crippen molar-refractivity contribution in [3.8, 4) is 0 Å². The number of aliphatic carboxylic acids is 1. The van der Waals surface area contributed by atoms with Gasteiger partial charge in [0.25, 0.3) is 0 Å². The van der Waals surface area contributed by atoms with Crippen LogP contribution in [0, 0.1) is 0 Å². The second-order valence-corrected chi connectivity index (χ2v) is 5.49. The van der Waals surface area contributed by atoms with Crippen LogP contribution in [-0.2, 0) is 16.0 Å². The Morgan fingerprint density at radius 1 is 1.04 bits per heavy atom. The number of Topliss-reactive ketones (excluding diaryl/α,β-unsaturated/α-hetero) is 1. The number of rotatable bonds is 4. The zero-order valence-corrected chi connectivity index (χ0v) is 12.5. The molecule has 0 saturated heterocycles. The van der Waals surface area contributed by atoms with Gasteiger partial charge in [0, 0.05) is 18.2 Å². The summed E-state index contributed by atoms with van der Waals surface area (Å²) in [5.74, 6) is -0.946. The zero-order valence-electron chi connectivity index (χ0n) is 12.5. The third-order valence-corrected chi connectivity index (χ3v) is 4.00. The summed E-state index contributed by atoms with van der Waals surface area (Å²) in [7, 11) is 0. The van der Waals surface area contributed by atoms with E-state index in [1.54, 1.807) is 30.5 Å². The number of allylic oxidation sites excluding steroid dienone is 1. The largest absolute Gasteiger partial charge is 0.479 e. The SMILES string of the molecule is O=C1CCc2ccccc2/C1=C/NC(C(=O)O)c1ccccc1. The van der Waals surface area contributed by atoms with Gasteiger partial charge < -0.3 is 10.4 Å². The predicted molar refractivity (Wildman–Crippen MR) is 87.7 cm³/mol. The fraction of sp³-hybridized carbons (Fsp3) is 0.158.